The van der Waals surface area contributed by atoms with Crippen molar-refractivity contribution in [3.8, 4) is 28.8 Å². The summed E-state index contributed by atoms with van der Waals surface area (Å²) in [5, 5.41) is 10.8. The molecule has 2 aromatic carbocycles. The second kappa shape index (κ2) is 8.52. The van der Waals surface area contributed by atoms with E-state index in [4.69, 9.17) is 9.26 Å². The maximum absolute atomic E-state index is 12.5. The molecule has 0 bridgehead atoms. The van der Waals surface area contributed by atoms with Gasteiger partial charge >= 0.3 is 0 Å². The van der Waals surface area contributed by atoms with Crippen molar-refractivity contribution in [2.24, 2.45) is 0 Å². The molecule has 0 radical (unpaired) electrons. The fourth-order valence-electron chi connectivity index (χ4n) is 2.96. The molecule has 0 saturated heterocycles. The molecule has 156 valence electrons. The van der Waals surface area contributed by atoms with Gasteiger partial charge in [0.25, 0.3) is 5.91 Å². The first kappa shape index (κ1) is 19.2. The third-order valence-electron chi connectivity index (χ3n) is 4.50. The Bertz CT molecular complexity index is 1330. The van der Waals surface area contributed by atoms with Crippen LogP contribution in [0.25, 0.3) is 17.1 Å². The molecule has 0 aliphatic rings. The molecule has 9 nitrogen and oxygen atoms in total. The Morgan fingerprint density at radius 3 is 2.59 bits per heavy atom. The second-order valence-electron chi connectivity index (χ2n) is 6.69. The number of hydrogen-bond acceptors (Lipinski definition) is 7. The van der Waals surface area contributed by atoms with Crippen molar-refractivity contribution in [2.45, 2.75) is 0 Å². The Balaban J connectivity index is 1.24. The molecule has 5 aromatic rings. The summed E-state index contributed by atoms with van der Waals surface area (Å²) < 4.78 is 12.7. The number of aromatic nitrogens is 5. The summed E-state index contributed by atoms with van der Waals surface area (Å²) in [6.45, 7) is 0. The molecule has 0 saturated carbocycles. The van der Waals surface area contributed by atoms with Gasteiger partial charge in [-0.15, -0.1) is 0 Å². The Kier molecular flexibility index (Phi) is 5.11. The smallest absolute Gasteiger partial charge is 0.277 e. The quantitative estimate of drug-likeness (QED) is 0.431. The van der Waals surface area contributed by atoms with Crippen LogP contribution in [0.2, 0.25) is 0 Å². The minimum atomic E-state index is -0.371. The molecule has 3 heterocycles. The number of hydrogen-bond donors (Lipinski definition) is 1. The second-order valence-corrected chi connectivity index (χ2v) is 6.69. The van der Waals surface area contributed by atoms with Gasteiger partial charge in [0.1, 0.15) is 12.1 Å². The van der Waals surface area contributed by atoms with E-state index in [2.05, 4.69) is 25.5 Å². The number of benzene rings is 2. The van der Waals surface area contributed by atoms with E-state index in [0.29, 0.717) is 28.9 Å². The molecule has 0 spiro atoms. The van der Waals surface area contributed by atoms with E-state index in [9.17, 15) is 4.79 Å². The summed E-state index contributed by atoms with van der Waals surface area (Å²) in [6.07, 6.45) is 4.85. The molecule has 9 heteroatoms. The molecule has 0 fully saturated rings. The highest BCUT2D eigenvalue weighted by molar-refractivity contribution is 6.03. The van der Waals surface area contributed by atoms with Crippen LogP contribution in [0.15, 0.2) is 96.0 Å². The van der Waals surface area contributed by atoms with E-state index in [1.807, 2.05) is 30.3 Å². The third kappa shape index (κ3) is 4.21. The molecular weight excluding hydrogens is 408 g/mol. The largest absolute Gasteiger partial charge is 0.439 e. The third-order valence-corrected chi connectivity index (χ3v) is 4.50. The highest BCUT2D eigenvalue weighted by Crippen LogP contribution is 2.23. The van der Waals surface area contributed by atoms with Crippen LogP contribution in [0.5, 0.6) is 11.6 Å². The number of amides is 1. The average molecular weight is 424 g/mol. The van der Waals surface area contributed by atoms with Crippen molar-refractivity contribution in [1.82, 2.24) is 24.9 Å². The average Bonchev–Trinajstić information content (AvgIpc) is 3.54. The topological polar surface area (TPSA) is 108 Å². The first-order valence-corrected chi connectivity index (χ1v) is 9.68. The van der Waals surface area contributed by atoms with E-state index in [-0.39, 0.29) is 11.6 Å². The number of carbonyl (C=O) groups is 1. The van der Waals surface area contributed by atoms with E-state index in [1.165, 1.54) is 6.33 Å². The summed E-state index contributed by atoms with van der Waals surface area (Å²) >= 11 is 0. The maximum atomic E-state index is 12.5. The lowest BCUT2D eigenvalue weighted by molar-refractivity contribution is 0.101. The molecule has 0 atom stereocenters. The predicted molar refractivity (Wildman–Crippen MR) is 116 cm³/mol. The summed E-state index contributed by atoms with van der Waals surface area (Å²) in [6, 6.07) is 21.4. The van der Waals surface area contributed by atoms with Crippen LogP contribution in [0.1, 0.15) is 10.5 Å². The SMILES string of the molecule is O=C(Nc1ccc(Oc2cc(-n3cccn3)ncn2)cc1)c1cc(-c2ccccc2)on1. The molecule has 3 aromatic heterocycles. The minimum Gasteiger partial charge on any atom is -0.439 e. The zero-order chi connectivity index (χ0) is 21.8. The van der Waals surface area contributed by atoms with Crippen LogP contribution in [-0.2, 0) is 0 Å². The molecule has 5 rings (SSSR count). The monoisotopic (exact) mass is 424 g/mol. The van der Waals surface area contributed by atoms with Gasteiger partial charge in [-0.25, -0.2) is 14.6 Å². The molecule has 0 aliphatic carbocycles. The van der Waals surface area contributed by atoms with Crippen molar-refractivity contribution in [3.05, 3.63) is 97.2 Å². The van der Waals surface area contributed by atoms with Gasteiger partial charge in [0.15, 0.2) is 17.3 Å². The van der Waals surface area contributed by atoms with Gasteiger partial charge in [0.2, 0.25) is 5.88 Å². The normalized spacial score (nSPS) is 10.6. The van der Waals surface area contributed by atoms with Gasteiger partial charge in [-0.2, -0.15) is 5.10 Å². The predicted octanol–water partition coefficient (Wildman–Crippen LogP) is 4.36. The van der Waals surface area contributed by atoms with E-state index < -0.39 is 0 Å². The van der Waals surface area contributed by atoms with E-state index in [0.717, 1.165) is 5.56 Å². The Hall–Kier alpha value is -4.79. The van der Waals surface area contributed by atoms with Gasteiger partial charge < -0.3 is 14.6 Å². The van der Waals surface area contributed by atoms with Gasteiger partial charge in [0.05, 0.1) is 0 Å². The van der Waals surface area contributed by atoms with Gasteiger partial charge in [-0.05, 0) is 30.3 Å². The van der Waals surface area contributed by atoms with Crippen LogP contribution in [0.3, 0.4) is 0 Å². The molecule has 0 unspecified atom stereocenters. The Morgan fingerprint density at radius 2 is 1.81 bits per heavy atom. The Labute approximate surface area is 182 Å². The fraction of sp³-hybridized carbons (Fsp3) is 0. The van der Waals surface area contributed by atoms with E-state index in [1.54, 1.807) is 59.5 Å². The van der Waals surface area contributed by atoms with Crippen molar-refractivity contribution in [1.29, 1.82) is 0 Å². The Morgan fingerprint density at radius 1 is 0.969 bits per heavy atom. The number of nitrogens with one attached hydrogen (secondary N) is 1. The number of anilines is 1. The fourth-order valence-corrected chi connectivity index (χ4v) is 2.96. The summed E-state index contributed by atoms with van der Waals surface area (Å²) in [7, 11) is 0. The van der Waals surface area contributed by atoms with Crippen LogP contribution >= 0.6 is 0 Å². The maximum Gasteiger partial charge on any atom is 0.277 e. The van der Waals surface area contributed by atoms with E-state index >= 15 is 0 Å². The van der Waals surface area contributed by atoms with Crippen LogP contribution in [-0.4, -0.2) is 30.8 Å². The molecule has 1 N–H and O–H groups in total. The van der Waals surface area contributed by atoms with Crippen molar-refractivity contribution in [2.75, 3.05) is 5.32 Å². The van der Waals surface area contributed by atoms with Crippen molar-refractivity contribution >= 4 is 11.6 Å². The van der Waals surface area contributed by atoms with Gasteiger partial charge in [0, 0.05) is 35.8 Å². The highest BCUT2D eigenvalue weighted by Gasteiger charge is 2.14. The number of nitrogens with zero attached hydrogens (tertiary/aromatic N) is 5. The number of carbonyl (C=O) groups excluding carboxylic acids is 1. The number of ether oxygens (including phenoxy) is 1. The number of rotatable bonds is 6. The summed E-state index contributed by atoms with van der Waals surface area (Å²) in [4.78, 5) is 20.8. The molecule has 1 amide bonds. The lowest BCUT2D eigenvalue weighted by Crippen LogP contribution is -2.11. The summed E-state index contributed by atoms with van der Waals surface area (Å²) in [5.74, 6) is 1.67. The first-order chi connectivity index (χ1) is 15.7. The van der Waals surface area contributed by atoms with Crippen molar-refractivity contribution < 1.29 is 14.1 Å². The molecule has 32 heavy (non-hydrogen) atoms. The van der Waals surface area contributed by atoms with Gasteiger partial charge in [-0.1, -0.05) is 35.5 Å². The lowest BCUT2D eigenvalue weighted by Gasteiger charge is -2.07. The zero-order valence-corrected chi connectivity index (χ0v) is 16.6. The van der Waals surface area contributed by atoms with Crippen LogP contribution < -0.4 is 10.1 Å². The van der Waals surface area contributed by atoms with Crippen molar-refractivity contribution in [3.63, 3.8) is 0 Å². The van der Waals surface area contributed by atoms with Crippen LogP contribution in [0, 0.1) is 0 Å². The standard InChI is InChI=1S/C23H16N6O3/c30-23(19-13-20(32-28-19)16-5-2-1-3-6-16)27-17-7-9-18(10-8-17)31-22-14-21(24-15-25-22)29-12-4-11-26-29/h1-15H,(H,27,30). The zero-order valence-electron chi connectivity index (χ0n) is 16.6. The summed E-state index contributed by atoms with van der Waals surface area (Å²) in [5.41, 5.74) is 1.63. The van der Waals surface area contributed by atoms with Gasteiger partial charge in [-0.3, -0.25) is 4.79 Å². The van der Waals surface area contributed by atoms with Crippen LogP contribution in [0.4, 0.5) is 5.69 Å². The molecule has 0 aliphatic heterocycles. The lowest BCUT2D eigenvalue weighted by atomic mass is 10.1. The minimum absolute atomic E-state index is 0.191. The first-order valence-electron chi connectivity index (χ1n) is 9.68. The highest BCUT2D eigenvalue weighted by atomic mass is 16.5. The molecular formula is C23H16N6O3.